The summed E-state index contributed by atoms with van der Waals surface area (Å²) in [7, 11) is 0. The summed E-state index contributed by atoms with van der Waals surface area (Å²) in [5.41, 5.74) is -1.05. The van der Waals surface area contributed by atoms with Crippen LogP contribution in [0.4, 0.5) is 0 Å². The predicted octanol–water partition coefficient (Wildman–Crippen LogP) is 2.99. The first kappa shape index (κ1) is 16.1. The second kappa shape index (κ2) is 5.61. The topological polar surface area (TPSA) is 65.5 Å². The SMILES string of the molecule is CC(C)(C)OC(=O)c1cccc(C(=O)OC(C)(C)C)n1. The fraction of sp³-hybridized carbons (Fsp3) is 0.533. The lowest BCUT2D eigenvalue weighted by molar-refractivity contribution is 0.00580. The van der Waals surface area contributed by atoms with E-state index in [4.69, 9.17) is 9.47 Å². The van der Waals surface area contributed by atoms with E-state index in [9.17, 15) is 9.59 Å². The molecule has 5 heteroatoms. The lowest BCUT2D eigenvalue weighted by Crippen LogP contribution is -2.26. The number of hydrogen-bond acceptors (Lipinski definition) is 5. The van der Waals surface area contributed by atoms with Gasteiger partial charge in [0, 0.05) is 0 Å². The summed E-state index contributed by atoms with van der Waals surface area (Å²) < 4.78 is 10.4. The van der Waals surface area contributed by atoms with E-state index in [1.807, 2.05) is 0 Å². The summed E-state index contributed by atoms with van der Waals surface area (Å²) in [5.74, 6) is -1.13. The molecule has 0 fully saturated rings. The Labute approximate surface area is 119 Å². The van der Waals surface area contributed by atoms with Crippen LogP contribution in [0.2, 0.25) is 0 Å². The molecule has 20 heavy (non-hydrogen) atoms. The molecule has 0 aliphatic rings. The van der Waals surface area contributed by atoms with Crippen molar-refractivity contribution in [2.24, 2.45) is 0 Å². The van der Waals surface area contributed by atoms with Gasteiger partial charge in [0.05, 0.1) is 0 Å². The largest absolute Gasteiger partial charge is 0.455 e. The fourth-order valence-corrected chi connectivity index (χ4v) is 1.32. The zero-order valence-corrected chi connectivity index (χ0v) is 12.8. The zero-order chi connectivity index (χ0) is 15.6. The van der Waals surface area contributed by atoms with Crippen LogP contribution in [0, 0.1) is 0 Å². The summed E-state index contributed by atoms with van der Waals surface area (Å²) in [4.78, 5) is 27.8. The van der Waals surface area contributed by atoms with Crippen molar-refractivity contribution in [3.8, 4) is 0 Å². The molecule has 1 aromatic heterocycles. The van der Waals surface area contributed by atoms with Gasteiger partial charge in [-0.3, -0.25) is 0 Å². The van der Waals surface area contributed by atoms with Crippen molar-refractivity contribution in [3.05, 3.63) is 29.6 Å². The van der Waals surface area contributed by atoms with Crippen LogP contribution < -0.4 is 0 Å². The maximum Gasteiger partial charge on any atom is 0.357 e. The van der Waals surface area contributed by atoms with Crippen LogP contribution in [0.5, 0.6) is 0 Å². The third kappa shape index (κ3) is 5.38. The van der Waals surface area contributed by atoms with Gasteiger partial charge in [-0.2, -0.15) is 0 Å². The Hall–Kier alpha value is -1.91. The second-order valence-electron chi connectivity index (χ2n) is 6.41. The van der Waals surface area contributed by atoms with Gasteiger partial charge in [0.2, 0.25) is 0 Å². The standard InChI is InChI=1S/C15H21NO4/c1-14(2,3)19-12(17)10-8-7-9-11(16-10)13(18)20-15(4,5)6/h7-9H,1-6H3. The first-order valence-corrected chi connectivity index (χ1v) is 6.42. The number of rotatable bonds is 2. The van der Waals surface area contributed by atoms with Gasteiger partial charge in [-0.05, 0) is 53.7 Å². The second-order valence-corrected chi connectivity index (χ2v) is 6.41. The number of nitrogens with zero attached hydrogens (tertiary/aromatic N) is 1. The summed E-state index contributed by atoms with van der Waals surface area (Å²) in [6.45, 7) is 10.6. The molecule has 0 saturated heterocycles. The number of esters is 2. The van der Waals surface area contributed by atoms with E-state index in [1.165, 1.54) is 12.1 Å². The average Bonchev–Trinajstić information content (AvgIpc) is 2.24. The van der Waals surface area contributed by atoms with Crippen molar-refractivity contribution in [2.75, 3.05) is 0 Å². The third-order valence-electron chi connectivity index (χ3n) is 1.97. The Morgan fingerprint density at radius 2 is 1.20 bits per heavy atom. The van der Waals surface area contributed by atoms with Gasteiger partial charge in [0.25, 0.3) is 0 Å². The van der Waals surface area contributed by atoms with Crippen LogP contribution in [0.25, 0.3) is 0 Å². The highest BCUT2D eigenvalue weighted by atomic mass is 16.6. The summed E-state index contributed by atoms with van der Waals surface area (Å²) >= 11 is 0. The van der Waals surface area contributed by atoms with Crippen molar-refractivity contribution in [2.45, 2.75) is 52.7 Å². The van der Waals surface area contributed by atoms with Gasteiger partial charge >= 0.3 is 11.9 Å². The van der Waals surface area contributed by atoms with Crippen molar-refractivity contribution >= 4 is 11.9 Å². The van der Waals surface area contributed by atoms with Gasteiger partial charge in [0.15, 0.2) is 0 Å². The lowest BCUT2D eigenvalue weighted by atomic mass is 10.2. The molecule has 1 aromatic rings. The van der Waals surface area contributed by atoms with Gasteiger partial charge in [-0.1, -0.05) is 6.07 Å². The number of ether oxygens (including phenoxy) is 2. The molecule has 0 bridgehead atoms. The van der Waals surface area contributed by atoms with E-state index in [1.54, 1.807) is 47.6 Å². The molecule has 5 nitrogen and oxygen atoms in total. The number of pyridine rings is 1. The van der Waals surface area contributed by atoms with Gasteiger partial charge < -0.3 is 9.47 Å². The van der Waals surface area contributed by atoms with Crippen LogP contribution in [0.15, 0.2) is 18.2 Å². The van der Waals surface area contributed by atoms with Crippen LogP contribution in [-0.4, -0.2) is 28.1 Å². The normalized spacial score (nSPS) is 11.9. The quantitative estimate of drug-likeness (QED) is 0.779. The average molecular weight is 279 g/mol. The van der Waals surface area contributed by atoms with E-state index in [2.05, 4.69) is 4.98 Å². The first-order chi connectivity index (χ1) is 8.98. The van der Waals surface area contributed by atoms with Crippen molar-refractivity contribution < 1.29 is 19.1 Å². The van der Waals surface area contributed by atoms with E-state index in [-0.39, 0.29) is 11.4 Å². The van der Waals surface area contributed by atoms with Gasteiger partial charge in [-0.15, -0.1) is 0 Å². The smallest absolute Gasteiger partial charge is 0.357 e. The Balaban J connectivity index is 2.91. The van der Waals surface area contributed by atoms with Crippen LogP contribution in [-0.2, 0) is 9.47 Å². The molecule has 0 aliphatic heterocycles. The van der Waals surface area contributed by atoms with E-state index < -0.39 is 23.1 Å². The van der Waals surface area contributed by atoms with Crippen molar-refractivity contribution in [1.82, 2.24) is 4.98 Å². The predicted molar refractivity (Wildman–Crippen MR) is 74.6 cm³/mol. The number of aromatic nitrogens is 1. The molecule has 0 radical (unpaired) electrons. The lowest BCUT2D eigenvalue weighted by Gasteiger charge is -2.20. The molecule has 110 valence electrons. The van der Waals surface area contributed by atoms with Crippen LogP contribution >= 0.6 is 0 Å². The third-order valence-corrected chi connectivity index (χ3v) is 1.97. The molecular weight excluding hydrogens is 258 g/mol. The molecule has 0 aromatic carbocycles. The Morgan fingerprint density at radius 3 is 1.50 bits per heavy atom. The summed E-state index contributed by atoms with van der Waals surface area (Å²) in [6.07, 6.45) is 0. The van der Waals surface area contributed by atoms with Gasteiger partial charge in [-0.25, -0.2) is 14.6 Å². The maximum absolute atomic E-state index is 11.9. The number of hydrogen-bond donors (Lipinski definition) is 0. The molecule has 1 rings (SSSR count). The highest BCUT2D eigenvalue weighted by molar-refractivity contribution is 5.91. The van der Waals surface area contributed by atoms with Gasteiger partial charge in [0.1, 0.15) is 22.6 Å². The fourth-order valence-electron chi connectivity index (χ4n) is 1.32. The molecule has 0 atom stereocenters. The minimum absolute atomic E-state index is 0.0864. The van der Waals surface area contributed by atoms with Crippen molar-refractivity contribution in [1.29, 1.82) is 0 Å². The van der Waals surface area contributed by atoms with Crippen LogP contribution in [0.1, 0.15) is 62.5 Å². The van der Waals surface area contributed by atoms with E-state index in [0.717, 1.165) is 0 Å². The first-order valence-electron chi connectivity index (χ1n) is 6.42. The highest BCUT2D eigenvalue weighted by Crippen LogP contribution is 2.13. The summed E-state index contributed by atoms with van der Waals surface area (Å²) in [6, 6.07) is 4.58. The minimum atomic E-state index is -0.610. The molecular formula is C15H21NO4. The molecule has 0 amide bonds. The molecule has 0 saturated carbocycles. The number of carbonyl (C=O) groups excluding carboxylic acids is 2. The van der Waals surface area contributed by atoms with Crippen molar-refractivity contribution in [3.63, 3.8) is 0 Å². The number of carbonyl (C=O) groups is 2. The van der Waals surface area contributed by atoms with E-state index >= 15 is 0 Å². The molecule has 0 spiro atoms. The zero-order valence-electron chi connectivity index (χ0n) is 12.8. The Morgan fingerprint density at radius 1 is 0.850 bits per heavy atom. The van der Waals surface area contributed by atoms with Crippen LogP contribution in [0.3, 0.4) is 0 Å². The van der Waals surface area contributed by atoms with E-state index in [0.29, 0.717) is 0 Å². The summed E-state index contributed by atoms with van der Waals surface area (Å²) in [5, 5.41) is 0. The molecule has 1 heterocycles. The minimum Gasteiger partial charge on any atom is -0.455 e. The Kier molecular flexibility index (Phi) is 4.53. The maximum atomic E-state index is 11.9. The monoisotopic (exact) mass is 279 g/mol. The molecule has 0 unspecified atom stereocenters. The molecule has 0 N–H and O–H groups in total. The Bertz CT molecular complexity index is 466. The highest BCUT2D eigenvalue weighted by Gasteiger charge is 2.22. The molecule has 0 aliphatic carbocycles.